The molecule has 1 aliphatic carbocycles. The highest BCUT2D eigenvalue weighted by Gasteiger charge is 2.26. The van der Waals surface area contributed by atoms with E-state index in [1.807, 2.05) is 12.1 Å². The summed E-state index contributed by atoms with van der Waals surface area (Å²) in [6.07, 6.45) is 5.22. The van der Waals surface area contributed by atoms with Gasteiger partial charge in [-0.05, 0) is 23.5 Å². The lowest BCUT2D eigenvalue weighted by Crippen LogP contribution is -2.39. The van der Waals surface area contributed by atoms with Crippen LogP contribution in [0.5, 0.6) is 0 Å². The van der Waals surface area contributed by atoms with Crippen LogP contribution in [0.1, 0.15) is 42.7 Å². The minimum absolute atomic E-state index is 0.0219. The molecule has 0 aromatic heterocycles. The van der Waals surface area contributed by atoms with Gasteiger partial charge in [0, 0.05) is 19.6 Å². The van der Waals surface area contributed by atoms with E-state index in [9.17, 15) is 4.79 Å². The van der Waals surface area contributed by atoms with Gasteiger partial charge >= 0.3 is 0 Å². The average Bonchev–Trinajstić information content (AvgIpc) is 2.40. The summed E-state index contributed by atoms with van der Waals surface area (Å²) < 4.78 is 0. The molecule has 1 amide bonds. The van der Waals surface area contributed by atoms with Crippen molar-refractivity contribution in [1.29, 1.82) is 0 Å². The Morgan fingerprint density at radius 1 is 1.32 bits per heavy atom. The van der Waals surface area contributed by atoms with Crippen molar-refractivity contribution < 1.29 is 4.79 Å². The quantitative estimate of drug-likeness (QED) is 0.869. The first-order valence-corrected chi connectivity index (χ1v) is 7.41. The van der Waals surface area contributed by atoms with E-state index in [4.69, 9.17) is 0 Å². The van der Waals surface area contributed by atoms with E-state index >= 15 is 0 Å². The monoisotopic (exact) mass is 258 g/mol. The maximum absolute atomic E-state index is 12.3. The largest absolute Gasteiger partial charge is 0.356 e. The van der Waals surface area contributed by atoms with Crippen LogP contribution in [0.25, 0.3) is 0 Å². The van der Waals surface area contributed by atoms with Gasteiger partial charge in [-0.2, -0.15) is 0 Å². The smallest absolute Gasteiger partial charge is 0.228 e. The first-order chi connectivity index (χ1) is 9.34. The van der Waals surface area contributed by atoms with E-state index in [0.29, 0.717) is 0 Å². The van der Waals surface area contributed by atoms with Crippen molar-refractivity contribution >= 4 is 5.91 Å². The van der Waals surface area contributed by atoms with E-state index in [-0.39, 0.29) is 11.8 Å². The van der Waals surface area contributed by atoms with Gasteiger partial charge in [-0.3, -0.25) is 4.79 Å². The molecule has 0 saturated heterocycles. The molecule has 1 saturated carbocycles. The van der Waals surface area contributed by atoms with Crippen LogP contribution in [-0.2, 0) is 11.3 Å². The Morgan fingerprint density at radius 2 is 2.16 bits per heavy atom. The Kier molecular flexibility index (Phi) is 3.83. The third-order valence-electron chi connectivity index (χ3n) is 4.49. The molecule has 1 aliphatic heterocycles. The Labute approximate surface area is 114 Å². The topological polar surface area (TPSA) is 41.1 Å². The SMILES string of the molecule is O=C(NCCC1CCC1)C1CNCc2ccccc21. The summed E-state index contributed by atoms with van der Waals surface area (Å²) in [5.41, 5.74) is 2.45. The fourth-order valence-electron chi connectivity index (χ4n) is 3.03. The molecular weight excluding hydrogens is 236 g/mol. The highest BCUT2D eigenvalue weighted by Crippen LogP contribution is 2.29. The summed E-state index contributed by atoms with van der Waals surface area (Å²) in [5, 5.41) is 6.45. The molecule has 3 heteroatoms. The van der Waals surface area contributed by atoms with E-state index in [1.54, 1.807) is 0 Å². The molecule has 2 aliphatic rings. The zero-order chi connectivity index (χ0) is 13.1. The Bertz CT molecular complexity index is 454. The standard InChI is InChI=1S/C16H22N2O/c19-16(18-9-8-12-4-3-5-12)15-11-17-10-13-6-1-2-7-14(13)15/h1-2,6-7,12,15,17H,3-5,8-11H2,(H,18,19). The second-order valence-corrected chi connectivity index (χ2v) is 5.76. The molecule has 1 atom stereocenters. The van der Waals surface area contributed by atoms with Gasteiger partial charge in [0.2, 0.25) is 5.91 Å². The molecule has 3 nitrogen and oxygen atoms in total. The van der Waals surface area contributed by atoms with Crippen LogP contribution in [0.2, 0.25) is 0 Å². The summed E-state index contributed by atoms with van der Waals surface area (Å²) in [6, 6.07) is 8.26. The highest BCUT2D eigenvalue weighted by molar-refractivity contribution is 5.84. The van der Waals surface area contributed by atoms with Gasteiger partial charge in [-0.15, -0.1) is 0 Å². The van der Waals surface area contributed by atoms with Crippen molar-refractivity contribution in [1.82, 2.24) is 10.6 Å². The molecule has 1 aromatic carbocycles. The molecule has 0 radical (unpaired) electrons. The van der Waals surface area contributed by atoms with Gasteiger partial charge in [-0.1, -0.05) is 43.5 Å². The minimum atomic E-state index is -0.0219. The van der Waals surface area contributed by atoms with Crippen molar-refractivity contribution in [3.8, 4) is 0 Å². The van der Waals surface area contributed by atoms with Crippen molar-refractivity contribution in [2.45, 2.75) is 38.1 Å². The Hall–Kier alpha value is -1.35. The summed E-state index contributed by atoms with van der Waals surface area (Å²) in [5.74, 6) is 1.02. The lowest BCUT2D eigenvalue weighted by atomic mass is 9.83. The van der Waals surface area contributed by atoms with E-state index < -0.39 is 0 Å². The van der Waals surface area contributed by atoms with Gasteiger partial charge < -0.3 is 10.6 Å². The highest BCUT2D eigenvalue weighted by atomic mass is 16.1. The van der Waals surface area contributed by atoms with Crippen LogP contribution in [-0.4, -0.2) is 19.0 Å². The maximum Gasteiger partial charge on any atom is 0.228 e. The third-order valence-corrected chi connectivity index (χ3v) is 4.49. The van der Waals surface area contributed by atoms with E-state index in [1.165, 1.54) is 30.4 Å². The Morgan fingerprint density at radius 3 is 2.95 bits per heavy atom. The molecule has 19 heavy (non-hydrogen) atoms. The fourth-order valence-corrected chi connectivity index (χ4v) is 3.03. The number of rotatable bonds is 4. The van der Waals surface area contributed by atoms with Crippen LogP contribution in [0.15, 0.2) is 24.3 Å². The number of fused-ring (bicyclic) bond motifs is 1. The van der Waals surface area contributed by atoms with E-state index in [2.05, 4.69) is 22.8 Å². The number of hydrogen-bond acceptors (Lipinski definition) is 2. The normalized spacial score (nSPS) is 22.4. The second-order valence-electron chi connectivity index (χ2n) is 5.76. The summed E-state index contributed by atoms with van der Waals surface area (Å²) in [7, 11) is 0. The molecular formula is C16H22N2O. The van der Waals surface area contributed by atoms with E-state index in [0.717, 1.165) is 32.0 Å². The second kappa shape index (κ2) is 5.74. The van der Waals surface area contributed by atoms with Gasteiger partial charge in [0.25, 0.3) is 0 Å². The number of amides is 1. The predicted octanol–water partition coefficient (Wildman–Crippen LogP) is 2.18. The van der Waals surface area contributed by atoms with Crippen molar-refractivity contribution in [2.75, 3.05) is 13.1 Å². The van der Waals surface area contributed by atoms with Gasteiger partial charge in [0.15, 0.2) is 0 Å². The van der Waals surface area contributed by atoms with Crippen LogP contribution in [0.3, 0.4) is 0 Å². The summed E-state index contributed by atoms with van der Waals surface area (Å²) in [4.78, 5) is 12.3. The molecule has 2 N–H and O–H groups in total. The molecule has 0 bridgehead atoms. The van der Waals surface area contributed by atoms with Crippen LogP contribution < -0.4 is 10.6 Å². The number of nitrogens with one attached hydrogen (secondary N) is 2. The first kappa shape index (κ1) is 12.7. The van der Waals surface area contributed by atoms with Crippen LogP contribution in [0, 0.1) is 5.92 Å². The number of hydrogen-bond donors (Lipinski definition) is 2. The number of carbonyl (C=O) groups excluding carboxylic acids is 1. The molecule has 102 valence electrons. The zero-order valence-corrected chi connectivity index (χ0v) is 11.3. The van der Waals surface area contributed by atoms with Crippen molar-refractivity contribution in [2.24, 2.45) is 5.92 Å². The number of benzene rings is 1. The maximum atomic E-state index is 12.3. The zero-order valence-electron chi connectivity index (χ0n) is 11.3. The molecule has 1 unspecified atom stereocenters. The van der Waals surface area contributed by atoms with Gasteiger partial charge in [-0.25, -0.2) is 0 Å². The minimum Gasteiger partial charge on any atom is -0.356 e. The number of carbonyl (C=O) groups is 1. The molecule has 0 spiro atoms. The van der Waals surface area contributed by atoms with Crippen LogP contribution >= 0.6 is 0 Å². The first-order valence-electron chi connectivity index (χ1n) is 7.41. The van der Waals surface area contributed by atoms with Crippen molar-refractivity contribution in [3.05, 3.63) is 35.4 Å². The van der Waals surface area contributed by atoms with Crippen LogP contribution in [0.4, 0.5) is 0 Å². The lowest BCUT2D eigenvalue weighted by Gasteiger charge is -2.27. The average molecular weight is 258 g/mol. The lowest BCUT2D eigenvalue weighted by molar-refractivity contribution is -0.122. The summed E-state index contributed by atoms with van der Waals surface area (Å²) >= 11 is 0. The van der Waals surface area contributed by atoms with Gasteiger partial charge in [0.05, 0.1) is 5.92 Å². The van der Waals surface area contributed by atoms with Gasteiger partial charge in [0.1, 0.15) is 0 Å². The third kappa shape index (κ3) is 2.81. The predicted molar refractivity (Wildman–Crippen MR) is 75.9 cm³/mol. The van der Waals surface area contributed by atoms with Crippen molar-refractivity contribution in [3.63, 3.8) is 0 Å². The molecule has 1 fully saturated rings. The fraction of sp³-hybridized carbons (Fsp3) is 0.562. The Balaban J connectivity index is 1.57. The molecule has 1 heterocycles. The molecule has 3 rings (SSSR count). The summed E-state index contributed by atoms with van der Waals surface area (Å²) in [6.45, 7) is 2.47. The molecule has 1 aromatic rings.